The van der Waals surface area contributed by atoms with Gasteiger partial charge in [0.2, 0.25) is 0 Å². The maximum Gasteiger partial charge on any atom is 0.439 e. The van der Waals surface area contributed by atoms with Crippen LogP contribution in [0, 0.1) is 6.92 Å². The van der Waals surface area contributed by atoms with Crippen LogP contribution in [0.15, 0.2) is 27.5 Å². The summed E-state index contributed by atoms with van der Waals surface area (Å²) < 4.78 is 4.39. The summed E-state index contributed by atoms with van der Waals surface area (Å²) in [5.74, 6) is -0.151. The Morgan fingerprint density at radius 1 is 1.50 bits per heavy atom. The van der Waals surface area contributed by atoms with E-state index >= 15 is 0 Å². The van der Waals surface area contributed by atoms with E-state index in [0.717, 1.165) is 11.1 Å². The predicted octanol–water partition coefficient (Wildman–Crippen LogP) is 1.99. The number of benzene rings is 1. The van der Waals surface area contributed by atoms with Gasteiger partial charge in [0.15, 0.2) is 5.82 Å². The van der Waals surface area contributed by atoms with E-state index in [1.807, 2.05) is 13.0 Å². The normalized spacial score (nSPS) is 10.4. The standard InChI is InChI=1S/C9H7ClN2O2/c1-5-4-6(2-3-7(5)10)8-11-9(13)14-12-8/h2-4H,1H3,(H,11,12,13). The third-order valence-corrected chi connectivity index (χ3v) is 2.30. The number of aromatic amines is 1. The third kappa shape index (κ3) is 1.56. The van der Waals surface area contributed by atoms with Crippen molar-refractivity contribution in [3.8, 4) is 11.4 Å². The highest BCUT2D eigenvalue weighted by atomic mass is 35.5. The first-order valence-corrected chi connectivity index (χ1v) is 4.37. The van der Waals surface area contributed by atoms with Gasteiger partial charge in [0, 0.05) is 10.6 Å². The number of hydrogen-bond donors (Lipinski definition) is 1. The van der Waals surface area contributed by atoms with Crippen LogP contribution in [0.4, 0.5) is 0 Å². The fourth-order valence-corrected chi connectivity index (χ4v) is 1.26. The van der Waals surface area contributed by atoms with E-state index in [2.05, 4.69) is 14.7 Å². The Kier molecular flexibility index (Phi) is 2.13. The molecule has 1 aromatic heterocycles. The van der Waals surface area contributed by atoms with Crippen LogP contribution in [0.5, 0.6) is 0 Å². The lowest BCUT2D eigenvalue weighted by Crippen LogP contribution is -1.94. The second-order valence-electron chi connectivity index (χ2n) is 2.91. The van der Waals surface area contributed by atoms with E-state index < -0.39 is 5.76 Å². The minimum Gasteiger partial charge on any atom is -0.296 e. The first-order valence-electron chi connectivity index (χ1n) is 3.99. The Labute approximate surface area is 84.5 Å². The molecule has 0 radical (unpaired) electrons. The van der Waals surface area contributed by atoms with Gasteiger partial charge in [-0.05, 0) is 30.7 Å². The lowest BCUT2D eigenvalue weighted by Gasteiger charge is -1.99. The fourth-order valence-electron chi connectivity index (χ4n) is 1.15. The Morgan fingerprint density at radius 2 is 2.29 bits per heavy atom. The van der Waals surface area contributed by atoms with Gasteiger partial charge in [-0.2, -0.15) is 0 Å². The second-order valence-corrected chi connectivity index (χ2v) is 3.31. The van der Waals surface area contributed by atoms with Gasteiger partial charge in [-0.3, -0.25) is 9.51 Å². The van der Waals surface area contributed by atoms with Crippen molar-refractivity contribution in [3.63, 3.8) is 0 Å². The van der Waals surface area contributed by atoms with Crippen molar-refractivity contribution in [2.75, 3.05) is 0 Å². The molecule has 5 heteroatoms. The molecule has 0 amide bonds. The van der Waals surface area contributed by atoms with E-state index in [4.69, 9.17) is 11.6 Å². The number of nitrogens with one attached hydrogen (secondary N) is 1. The molecule has 14 heavy (non-hydrogen) atoms. The highest BCUT2D eigenvalue weighted by Crippen LogP contribution is 2.21. The Morgan fingerprint density at radius 3 is 2.86 bits per heavy atom. The Balaban J connectivity index is 2.52. The van der Waals surface area contributed by atoms with Crippen molar-refractivity contribution < 1.29 is 4.52 Å². The summed E-state index contributed by atoms with van der Waals surface area (Å²) in [7, 11) is 0. The van der Waals surface area contributed by atoms with Gasteiger partial charge >= 0.3 is 5.76 Å². The number of aryl methyl sites for hydroxylation is 1. The van der Waals surface area contributed by atoms with E-state index in [-0.39, 0.29) is 0 Å². The summed E-state index contributed by atoms with van der Waals surface area (Å²) in [6, 6.07) is 5.35. The highest BCUT2D eigenvalue weighted by molar-refractivity contribution is 6.31. The predicted molar refractivity (Wildman–Crippen MR) is 52.3 cm³/mol. The summed E-state index contributed by atoms with van der Waals surface area (Å²) in [5.41, 5.74) is 1.70. The molecular formula is C9H7ClN2O2. The van der Waals surface area contributed by atoms with Gasteiger partial charge in [0.1, 0.15) is 0 Å². The molecular weight excluding hydrogens is 204 g/mol. The van der Waals surface area contributed by atoms with Crippen LogP contribution in [-0.2, 0) is 0 Å². The van der Waals surface area contributed by atoms with Crippen LogP contribution in [0.1, 0.15) is 5.56 Å². The topological polar surface area (TPSA) is 58.9 Å². The Bertz CT molecular complexity index is 516. The third-order valence-electron chi connectivity index (χ3n) is 1.87. The summed E-state index contributed by atoms with van der Waals surface area (Å²) in [6.45, 7) is 1.88. The van der Waals surface area contributed by atoms with E-state index in [9.17, 15) is 4.79 Å². The molecule has 0 atom stereocenters. The molecule has 1 N–H and O–H groups in total. The maximum atomic E-state index is 10.7. The first kappa shape index (κ1) is 9.02. The SMILES string of the molecule is Cc1cc(-c2noc(=O)[nH]2)ccc1Cl. The average molecular weight is 211 g/mol. The molecule has 72 valence electrons. The van der Waals surface area contributed by atoms with Crippen molar-refractivity contribution in [3.05, 3.63) is 39.3 Å². The van der Waals surface area contributed by atoms with Gasteiger partial charge < -0.3 is 0 Å². The van der Waals surface area contributed by atoms with Crippen LogP contribution in [0.25, 0.3) is 11.4 Å². The summed E-state index contributed by atoms with van der Waals surface area (Å²) >= 11 is 5.86. The summed E-state index contributed by atoms with van der Waals surface area (Å²) in [6.07, 6.45) is 0. The monoisotopic (exact) mass is 210 g/mol. The van der Waals surface area contributed by atoms with Gasteiger partial charge in [0.05, 0.1) is 0 Å². The Hall–Kier alpha value is -1.55. The number of aromatic nitrogens is 2. The second kappa shape index (κ2) is 3.31. The van der Waals surface area contributed by atoms with E-state index in [0.29, 0.717) is 10.8 Å². The number of H-pyrrole nitrogens is 1. The van der Waals surface area contributed by atoms with Gasteiger partial charge in [-0.25, -0.2) is 4.79 Å². The number of nitrogens with zero attached hydrogens (tertiary/aromatic N) is 1. The van der Waals surface area contributed by atoms with Gasteiger partial charge in [-0.1, -0.05) is 16.8 Å². The molecule has 0 saturated heterocycles. The molecule has 2 rings (SSSR count). The quantitative estimate of drug-likeness (QED) is 0.783. The zero-order valence-electron chi connectivity index (χ0n) is 7.37. The smallest absolute Gasteiger partial charge is 0.296 e. The van der Waals surface area contributed by atoms with Crippen molar-refractivity contribution in [1.29, 1.82) is 0 Å². The maximum absolute atomic E-state index is 10.7. The number of rotatable bonds is 1. The van der Waals surface area contributed by atoms with Gasteiger partial charge in [-0.15, -0.1) is 0 Å². The van der Waals surface area contributed by atoms with Crippen LogP contribution in [-0.4, -0.2) is 10.1 Å². The zero-order valence-corrected chi connectivity index (χ0v) is 8.13. The number of halogens is 1. The van der Waals surface area contributed by atoms with Crippen LogP contribution in [0.2, 0.25) is 5.02 Å². The van der Waals surface area contributed by atoms with Crippen molar-refractivity contribution >= 4 is 11.6 Å². The van der Waals surface area contributed by atoms with Crippen LogP contribution in [0.3, 0.4) is 0 Å². The minimum atomic E-state index is -0.562. The fraction of sp³-hybridized carbons (Fsp3) is 0.111. The van der Waals surface area contributed by atoms with E-state index in [1.54, 1.807) is 12.1 Å². The molecule has 0 spiro atoms. The molecule has 2 aromatic rings. The van der Waals surface area contributed by atoms with Crippen molar-refractivity contribution in [2.24, 2.45) is 0 Å². The summed E-state index contributed by atoms with van der Waals surface area (Å²) in [5, 5.41) is 4.25. The molecule has 0 aliphatic carbocycles. The lowest BCUT2D eigenvalue weighted by atomic mass is 10.1. The van der Waals surface area contributed by atoms with Crippen molar-refractivity contribution in [1.82, 2.24) is 10.1 Å². The number of hydrogen-bond acceptors (Lipinski definition) is 3. The average Bonchev–Trinajstić information content (AvgIpc) is 2.57. The first-order chi connectivity index (χ1) is 6.66. The summed E-state index contributed by atoms with van der Waals surface area (Å²) in [4.78, 5) is 13.2. The molecule has 0 bridgehead atoms. The molecule has 0 fully saturated rings. The van der Waals surface area contributed by atoms with Crippen LogP contribution < -0.4 is 5.76 Å². The van der Waals surface area contributed by atoms with E-state index in [1.165, 1.54) is 0 Å². The lowest BCUT2D eigenvalue weighted by molar-refractivity contribution is 0.388. The molecule has 0 saturated carbocycles. The van der Waals surface area contributed by atoms with Crippen LogP contribution >= 0.6 is 11.6 Å². The molecule has 4 nitrogen and oxygen atoms in total. The molecule has 0 aliphatic rings. The zero-order chi connectivity index (χ0) is 10.1. The molecule has 1 aromatic carbocycles. The largest absolute Gasteiger partial charge is 0.439 e. The molecule has 1 heterocycles. The molecule has 0 unspecified atom stereocenters. The van der Waals surface area contributed by atoms with Gasteiger partial charge in [0.25, 0.3) is 0 Å². The molecule has 0 aliphatic heterocycles. The minimum absolute atomic E-state index is 0.412. The highest BCUT2D eigenvalue weighted by Gasteiger charge is 2.05. The van der Waals surface area contributed by atoms with Crippen molar-refractivity contribution in [2.45, 2.75) is 6.92 Å².